The predicted molar refractivity (Wildman–Crippen MR) is 88.5 cm³/mol. The summed E-state index contributed by atoms with van der Waals surface area (Å²) in [6.07, 6.45) is 2.83. The molecule has 5 heteroatoms. The Hall–Kier alpha value is -1.36. The van der Waals surface area contributed by atoms with E-state index in [2.05, 4.69) is 6.07 Å². The van der Waals surface area contributed by atoms with E-state index in [0.717, 1.165) is 24.8 Å². The summed E-state index contributed by atoms with van der Waals surface area (Å²) in [5.74, 6) is 0. The zero-order valence-corrected chi connectivity index (χ0v) is 13.9. The maximum absolute atomic E-state index is 12.9. The molecule has 0 spiro atoms. The first-order valence-electron chi connectivity index (χ1n) is 7.32. The fourth-order valence-corrected chi connectivity index (χ4v) is 4.94. The van der Waals surface area contributed by atoms with E-state index in [9.17, 15) is 8.42 Å². The van der Waals surface area contributed by atoms with Crippen LogP contribution in [0.5, 0.6) is 0 Å². The lowest BCUT2D eigenvalue weighted by molar-refractivity contribution is 0.337. The zero-order valence-electron chi connectivity index (χ0n) is 12.4. The van der Waals surface area contributed by atoms with Gasteiger partial charge in [0.15, 0.2) is 0 Å². The minimum Gasteiger partial charge on any atom is -0.207 e. The van der Waals surface area contributed by atoms with Crippen LogP contribution in [0.1, 0.15) is 30.0 Å². The number of halogens is 1. The summed E-state index contributed by atoms with van der Waals surface area (Å²) in [4.78, 5) is 0.169. The van der Waals surface area contributed by atoms with Crippen LogP contribution >= 0.6 is 11.6 Å². The summed E-state index contributed by atoms with van der Waals surface area (Å²) >= 11 is 6.09. The number of rotatable bonds is 3. The van der Waals surface area contributed by atoms with Crippen molar-refractivity contribution in [2.24, 2.45) is 0 Å². The average molecular weight is 336 g/mol. The van der Waals surface area contributed by atoms with Gasteiger partial charge in [0.2, 0.25) is 10.0 Å². The molecule has 0 saturated heterocycles. The molecule has 0 saturated carbocycles. The van der Waals surface area contributed by atoms with Crippen LogP contribution in [-0.4, -0.2) is 19.8 Å². The Morgan fingerprint density at radius 3 is 2.55 bits per heavy atom. The lowest BCUT2D eigenvalue weighted by atomic mass is 9.88. The average Bonchev–Trinajstić information content (AvgIpc) is 2.54. The van der Waals surface area contributed by atoms with Crippen LogP contribution in [0.3, 0.4) is 0 Å². The summed E-state index contributed by atoms with van der Waals surface area (Å²) in [7, 11) is -1.97. The molecule has 1 aliphatic rings. The molecule has 2 aromatic carbocycles. The van der Waals surface area contributed by atoms with Gasteiger partial charge >= 0.3 is 0 Å². The van der Waals surface area contributed by atoms with Crippen LogP contribution < -0.4 is 0 Å². The van der Waals surface area contributed by atoms with Crippen molar-refractivity contribution in [3.63, 3.8) is 0 Å². The second-order valence-corrected chi connectivity index (χ2v) is 7.93. The molecule has 1 unspecified atom stereocenters. The van der Waals surface area contributed by atoms with Crippen molar-refractivity contribution in [3.05, 3.63) is 64.7 Å². The van der Waals surface area contributed by atoms with Crippen LogP contribution in [-0.2, 0) is 16.4 Å². The smallest absolute Gasteiger partial charge is 0.207 e. The van der Waals surface area contributed by atoms with E-state index in [1.54, 1.807) is 31.3 Å². The van der Waals surface area contributed by atoms with Crippen molar-refractivity contribution in [1.29, 1.82) is 0 Å². The minimum absolute atomic E-state index is 0.133. The van der Waals surface area contributed by atoms with E-state index in [4.69, 9.17) is 11.6 Å². The van der Waals surface area contributed by atoms with E-state index in [1.807, 2.05) is 18.2 Å². The number of sulfonamides is 1. The van der Waals surface area contributed by atoms with Crippen molar-refractivity contribution in [2.75, 3.05) is 7.05 Å². The molecule has 0 amide bonds. The molecular weight excluding hydrogens is 318 g/mol. The first-order chi connectivity index (χ1) is 10.5. The Morgan fingerprint density at radius 1 is 1.09 bits per heavy atom. The highest BCUT2D eigenvalue weighted by atomic mass is 35.5. The summed E-state index contributed by atoms with van der Waals surface area (Å²) in [5.41, 5.74) is 2.34. The Labute approximate surface area is 136 Å². The Bertz CT molecular complexity index is 789. The van der Waals surface area contributed by atoms with Gasteiger partial charge in [-0.3, -0.25) is 0 Å². The predicted octanol–water partition coefficient (Wildman–Crippen LogP) is 4.04. The van der Waals surface area contributed by atoms with Crippen LogP contribution in [0.2, 0.25) is 5.02 Å². The molecule has 1 atom stereocenters. The summed E-state index contributed by atoms with van der Waals surface area (Å²) in [5, 5.41) is 0.262. The first kappa shape index (κ1) is 15.5. The van der Waals surface area contributed by atoms with E-state index in [0.29, 0.717) is 0 Å². The van der Waals surface area contributed by atoms with Crippen molar-refractivity contribution < 1.29 is 8.42 Å². The van der Waals surface area contributed by atoms with Gasteiger partial charge in [-0.15, -0.1) is 0 Å². The van der Waals surface area contributed by atoms with Gasteiger partial charge in [-0.05, 0) is 42.5 Å². The largest absolute Gasteiger partial charge is 0.244 e. The highest BCUT2D eigenvalue weighted by Crippen LogP contribution is 2.37. The minimum atomic E-state index is -3.61. The van der Waals surface area contributed by atoms with Gasteiger partial charge in [0.25, 0.3) is 0 Å². The van der Waals surface area contributed by atoms with Crippen LogP contribution in [0.25, 0.3) is 0 Å². The molecule has 0 aromatic heterocycles. The van der Waals surface area contributed by atoms with Gasteiger partial charge < -0.3 is 0 Å². The molecule has 0 bridgehead atoms. The van der Waals surface area contributed by atoms with E-state index in [-0.39, 0.29) is 16.0 Å². The molecule has 1 aliphatic carbocycles. The highest BCUT2D eigenvalue weighted by molar-refractivity contribution is 7.89. The number of nitrogens with zero attached hydrogens (tertiary/aromatic N) is 1. The lowest BCUT2D eigenvalue weighted by Gasteiger charge is -2.32. The van der Waals surface area contributed by atoms with Gasteiger partial charge in [0.1, 0.15) is 4.90 Å². The van der Waals surface area contributed by atoms with Crippen molar-refractivity contribution in [1.82, 2.24) is 4.31 Å². The van der Waals surface area contributed by atoms with Crippen LogP contribution in [0.4, 0.5) is 0 Å². The Balaban J connectivity index is 2.02. The monoisotopic (exact) mass is 335 g/mol. The SMILES string of the molecule is CN(C1CCCc2ccccc21)S(=O)(=O)c1ccccc1Cl. The molecule has 3 nitrogen and oxygen atoms in total. The quantitative estimate of drug-likeness (QED) is 0.849. The third kappa shape index (κ3) is 2.67. The molecule has 22 heavy (non-hydrogen) atoms. The third-order valence-electron chi connectivity index (χ3n) is 4.27. The van der Waals surface area contributed by atoms with Crippen LogP contribution in [0, 0.1) is 0 Å². The topological polar surface area (TPSA) is 37.4 Å². The summed E-state index contributed by atoms with van der Waals surface area (Å²) in [6.45, 7) is 0. The van der Waals surface area contributed by atoms with Gasteiger partial charge in [0.05, 0.1) is 5.02 Å². The standard InChI is InChI=1S/C17H18ClNO2S/c1-19(22(20,21)17-12-5-4-10-15(17)18)16-11-6-8-13-7-2-3-9-14(13)16/h2-5,7,9-10,12,16H,6,8,11H2,1H3. The fourth-order valence-electron chi connectivity index (χ4n) is 3.08. The second kappa shape index (κ2) is 6.03. The van der Waals surface area contributed by atoms with E-state index < -0.39 is 10.0 Å². The van der Waals surface area contributed by atoms with Crippen LogP contribution in [0.15, 0.2) is 53.4 Å². The van der Waals surface area contributed by atoms with Gasteiger partial charge in [0, 0.05) is 13.1 Å². The number of aryl methyl sites for hydroxylation is 1. The van der Waals surface area contributed by atoms with Crippen molar-refractivity contribution in [2.45, 2.75) is 30.2 Å². The highest BCUT2D eigenvalue weighted by Gasteiger charge is 2.32. The number of benzene rings is 2. The second-order valence-electron chi connectivity index (χ2n) is 5.56. The number of fused-ring (bicyclic) bond motifs is 1. The summed E-state index contributed by atoms with van der Waals surface area (Å²) < 4.78 is 27.3. The summed E-state index contributed by atoms with van der Waals surface area (Å²) in [6, 6.07) is 14.5. The Morgan fingerprint density at radius 2 is 1.77 bits per heavy atom. The van der Waals surface area contributed by atoms with E-state index in [1.165, 1.54) is 9.87 Å². The normalized spacial score (nSPS) is 18.2. The van der Waals surface area contributed by atoms with E-state index >= 15 is 0 Å². The molecule has 0 N–H and O–H groups in total. The molecular formula is C17H18ClNO2S. The molecule has 116 valence electrons. The van der Waals surface area contributed by atoms with Gasteiger partial charge in [-0.2, -0.15) is 4.31 Å². The maximum atomic E-state index is 12.9. The molecule has 2 aromatic rings. The van der Waals surface area contributed by atoms with Crippen molar-refractivity contribution >= 4 is 21.6 Å². The Kier molecular flexibility index (Phi) is 4.26. The maximum Gasteiger partial charge on any atom is 0.244 e. The number of hydrogen-bond acceptors (Lipinski definition) is 2. The molecule has 3 rings (SSSR count). The molecule has 0 fully saturated rings. The lowest BCUT2D eigenvalue weighted by Crippen LogP contribution is -2.33. The third-order valence-corrected chi connectivity index (χ3v) is 6.64. The fraction of sp³-hybridized carbons (Fsp3) is 0.294. The van der Waals surface area contributed by atoms with Crippen molar-refractivity contribution in [3.8, 4) is 0 Å². The molecule has 0 aliphatic heterocycles. The first-order valence-corrected chi connectivity index (χ1v) is 9.14. The molecule has 0 heterocycles. The molecule has 0 radical (unpaired) electrons. The number of hydrogen-bond donors (Lipinski definition) is 0. The van der Waals surface area contributed by atoms with Gasteiger partial charge in [-0.1, -0.05) is 48.0 Å². The van der Waals surface area contributed by atoms with Gasteiger partial charge in [-0.25, -0.2) is 8.42 Å². The zero-order chi connectivity index (χ0) is 15.7.